The van der Waals surface area contributed by atoms with E-state index in [0.717, 1.165) is 22.3 Å². The molecular weight excluding hydrogens is 452 g/mol. The Bertz CT molecular complexity index is 1250. The van der Waals surface area contributed by atoms with Gasteiger partial charge in [0.25, 0.3) is 0 Å². The summed E-state index contributed by atoms with van der Waals surface area (Å²) >= 11 is 0.899. The first kappa shape index (κ1) is 22.3. The molecule has 0 unspecified atom stereocenters. The number of rotatable bonds is 6. The zero-order valence-electron chi connectivity index (χ0n) is 17.4. The number of benzene rings is 2. The van der Waals surface area contributed by atoms with Crippen molar-refractivity contribution in [1.29, 1.82) is 0 Å². The zero-order valence-corrected chi connectivity index (χ0v) is 19.0. The number of carbonyl (C=O) groups excluding carboxylic acids is 2. The molecule has 1 aliphatic rings. The molecule has 1 amide bonds. The van der Waals surface area contributed by atoms with Crippen molar-refractivity contribution in [2.45, 2.75) is 24.7 Å². The fraction of sp³-hybridized carbons (Fsp3) is 0.333. The number of hydrogen-bond acceptors (Lipinski definition) is 8. The van der Waals surface area contributed by atoms with E-state index in [2.05, 4.69) is 14.9 Å². The molecule has 0 radical (unpaired) electrons. The van der Waals surface area contributed by atoms with Gasteiger partial charge in [0.1, 0.15) is 0 Å². The number of piperidine rings is 1. The Morgan fingerprint density at radius 3 is 2.59 bits per heavy atom. The summed E-state index contributed by atoms with van der Waals surface area (Å²) in [6.45, 7) is 2.33. The van der Waals surface area contributed by atoms with Crippen molar-refractivity contribution >= 4 is 49.2 Å². The SMILES string of the molecule is CCOC(=O)c1nnsc1NC(=O)C1CCN(S(=O)(=O)c2ccc3ccccc3c2)CC1. The summed E-state index contributed by atoms with van der Waals surface area (Å²) in [5, 5.41) is 8.48. The van der Waals surface area contributed by atoms with Crippen molar-refractivity contribution in [3.8, 4) is 0 Å². The maximum atomic E-state index is 13.1. The predicted octanol–water partition coefficient (Wildman–Crippen LogP) is 2.91. The zero-order chi connectivity index (χ0) is 22.7. The lowest BCUT2D eigenvalue weighted by molar-refractivity contribution is -0.120. The summed E-state index contributed by atoms with van der Waals surface area (Å²) in [5.41, 5.74) is -0.0264. The maximum Gasteiger partial charge on any atom is 0.362 e. The van der Waals surface area contributed by atoms with Crippen LogP contribution in [0.2, 0.25) is 0 Å². The molecule has 1 aliphatic heterocycles. The molecule has 9 nitrogen and oxygen atoms in total. The van der Waals surface area contributed by atoms with E-state index in [1.54, 1.807) is 25.1 Å². The molecule has 1 fully saturated rings. The smallest absolute Gasteiger partial charge is 0.362 e. The predicted molar refractivity (Wildman–Crippen MR) is 120 cm³/mol. The Morgan fingerprint density at radius 1 is 1.16 bits per heavy atom. The quantitative estimate of drug-likeness (QED) is 0.546. The van der Waals surface area contributed by atoms with E-state index in [0.29, 0.717) is 12.8 Å². The number of hydrogen-bond donors (Lipinski definition) is 1. The van der Waals surface area contributed by atoms with Crippen molar-refractivity contribution in [3.63, 3.8) is 0 Å². The minimum absolute atomic E-state index is 0.0264. The molecule has 32 heavy (non-hydrogen) atoms. The molecule has 168 valence electrons. The van der Waals surface area contributed by atoms with E-state index in [-0.39, 0.29) is 47.1 Å². The van der Waals surface area contributed by atoms with Crippen LogP contribution in [0.5, 0.6) is 0 Å². The van der Waals surface area contributed by atoms with Crippen LogP contribution < -0.4 is 5.32 Å². The molecule has 0 aliphatic carbocycles. The van der Waals surface area contributed by atoms with Crippen LogP contribution in [-0.2, 0) is 19.6 Å². The van der Waals surface area contributed by atoms with Crippen molar-refractivity contribution in [2.75, 3.05) is 25.0 Å². The number of nitrogens with one attached hydrogen (secondary N) is 1. The van der Waals surface area contributed by atoms with Crippen LogP contribution in [0.15, 0.2) is 47.4 Å². The fourth-order valence-electron chi connectivity index (χ4n) is 3.65. The standard InChI is InChI=1S/C21H22N4O5S2/c1-2-30-21(27)18-20(31-24-23-18)22-19(26)15-9-11-25(12-10-15)32(28,29)17-8-7-14-5-3-4-6-16(14)13-17/h3-8,13,15H,2,9-12H2,1H3,(H,22,26). The molecule has 1 N–H and O–H groups in total. The van der Waals surface area contributed by atoms with Gasteiger partial charge in [0.15, 0.2) is 5.00 Å². The van der Waals surface area contributed by atoms with Gasteiger partial charge in [-0.3, -0.25) is 4.79 Å². The molecule has 0 bridgehead atoms. The van der Waals surface area contributed by atoms with Crippen LogP contribution in [0.25, 0.3) is 10.8 Å². The molecular formula is C21H22N4O5S2. The van der Waals surface area contributed by atoms with Crippen LogP contribution in [0, 0.1) is 5.92 Å². The molecule has 0 spiro atoms. The van der Waals surface area contributed by atoms with Gasteiger partial charge in [0.05, 0.1) is 11.5 Å². The van der Waals surface area contributed by atoms with Crippen molar-refractivity contribution in [1.82, 2.24) is 13.9 Å². The van der Waals surface area contributed by atoms with Gasteiger partial charge < -0.3 is 10.1 Å². The van der Waals surface area contributed by atoms with E-state index in [4.69, 9.17) is 4.74 Å². The third kappa shape index (κ3) is 4.50. The van der Waals surface area contributed by atoms with Crippen molar-refractivity contribution in [3.05, 3.63) is 48.2 Å². The first-order valence-corrected chi connectivity index (χ1v) is 12.4. The van der Waals surface area contributed by atoms with E-state index in [9.17, 15) is 18.0 Å². The highest BCUT2D eigenvalue weighted by Crippen LogP contribution is 2.28. The van der Waals surface area contributed by atoms with Gasteiger partial charge in [-0.2, -0.15) is 4.31 Å². The molecule has 4 rings (SSSR count). The second kappa shape index (κ2) is 9.31. The van der Waals surface area contributed by atoms with Crippen LogP contribution in [-0.4, -0.2) is 53.9 Å². The molecule has 11 heteroatoms. The third-order valence-electron chi connectivity index (χ3n) is 5.38. The average molecular weight is 475 g/mol. The Morgan fingerprint density at radius 2 is 1.88 bits per heavy atom. The maximum absolute atomic E-state index is 13.1. The average Bonchev–Trinajstić information content (AvgIpc) is 3.27. The number of amides is 1. The number of ether oxygens (including phenoxy) is 1. The number of esters is 1. The van der Waals surface area contributed by atoms with Crippen molar-refractivity contribution < 1.29 is 22.7 Å². The van der Waals surface area contributed by atoms with Gasteiger partial charge in [0.2, 0.25) is 21.6 Å². The number of nitrogens with zero attached hydrogens (tertiary/aromatic N) is 3. The highest BCUT2D eigenvalue weighted by Gasteiger charge is 2.33. The number of sulfonamides is 1. The Labute approximate surface area is 189 Å². The number of aromatic nitrogens is 2. The second-order valence-electron chi connectivity index (χ2n) is 7.35. The minimum Gasteiger partial charge on any atom is -0.461 e. The molecule has 3 aromatic rings. The van der Waals surface area contributed by atoms with Gasteiger partial charge >= 0.3 is 5.97 Å². The van der Waals surface area contributed by atoms with Gasteiger partial charge in [-0.05, 0) is 42.7 Å². The molecule has 0 atom stereocenters. The largest absolute Gasteiger partial charge is 0.461 e. The number of carbonyl (C=O) groups is 2. The number of fused-ring (bicyclic) bond motifs is 1. The summed E-state index contributed by atoms with van der Waals surface area (Å²) in [7, 11) is -3.65. The van der Waals surface area contributed by atoms with Crippen molar-refractivity contribution in [2.24, 2.45) is 5.92 Å². The summed E-state index contributed by atoms with van der Waals surface area (Å²) in [6.07, 6.45) is 0.749. The summed E-state index contributed by atoms with van der Waals surface area (Å²) in [5.74, 6) is -1.31. The first-order valence-electron chi connectivity index (χ1n) is 10.2. The van der Waals surface area contributed by atoms with Gasteiger partial charge in [0, 0.05) is 30.5 Å². The monoisotopic (exact) mass is 474 g/mol. The van der Waals surface area contributed by atoms with Crippen LogP contribution in [0.1, 0.15) is 30.3 Å². The second-order valence-corrected chi connectivity index (χ2v) is 10.0. The van der Waals surface area contributed by atoms with Crippen LogP contribution in [0.3, 0.4) is 0 Å². The van der Waals surface area contributed by atoms with Gasteiger partial charge in [-0.25, -0.2) is 13.2 Å². The molecule has 1 saturated heterocycles. The third-order valence-corrected chi connectivity index (χ3v) is 7.91. The Balaban J connectivity index is 1.41. The van der Waals surface area contributed by atoms with Gasteiger partial charge in [-0.1, -0.05) is 34.8 Å². The van der Waals surface area contributed by atoms with Gasteiger partial charge in [-0.15, -0.1) is 5.10 Å². The van der Waals surface area contributed by atoms with Crippen LogP contribution >= 0.6 is 11.5 Å². The first-order chi connectivity index (χ1) is 15.4. The number of anilines is 1. The van der Waals surface area contributed by atoms with E-state index in [1.807, 2.05) is 24.3 Å². The Kier molecular flexibility index (Phi) is 6.49. The molecule has 2 heterocycles. The normalized spacial score (nSPS) is 15.5. The van der Waals surface area contributed by atoms with E-state index in [1.165, 1.54) is 4.31 Å². The summed E-state index contributed by atoms with van der Waals surface area (Å²) in [6, 6.07) is 12.7. The minimum atomic E-state index is -3.65. The van der Waals surface area contributed by atoms with Crippen LogP contribution in [0.4, 0.5) is 5.00 Å². The summed E-state index contributed by atoms with van der Waals surface area (Å²) < 4.78 is 36.3. The van der Waals surface area contributed by atoms with E-state index < -0.39 is 16.0 Å². The molecule has 0 saturated carbocycles. The Hall–Kier alpha value is -2.89. The lowest BCUT2D eigenvalue weighted by Crippen LogP contribution is -2.41. The topological polar surface area (TPSA) is 119 Å². The summed E-state index contributed by atoms with van der Waals surface area (Å²) in [4.78, 5) is 24.8. The lowest BCUT2D eigenvalue weighted by atomic mass is 9.97. The highest BCUT2D eigenvalue weighted by molar-refractivity contribution is 7.89. The molecule has 1 aromatic heterocycles. The lowest BCUT2D eigenvalue weighted by Gasteiger charge is -2.30. The highest BCUT2D eigenvalue weighted by atomic mass is 32.2. The fourth-order valence-corrected chi connectivity index (χ4v) is 5.72. The van der Waals surface area contributed by atoms with E-state index >= 15 is 0 Å². The molecule has 2 aromatic carbocycles.